The lowest BCUT2D eigenvalue weighted by Gasteiger charge is -2.56. The predicted molar refractivity (Wildman–Crippen MR) is 77.3 cm³/mol. The van der Waals surface area contributed by atoms with Crippen molar-refractivity contribution in [3.63, 3.8) is 0 Å². The van der Waals surface area contributed by atoms with Crippen LogP contribution in [0.3, 0.4) is 0 Å². The van der Waals surface area contributed by atoms with Crippen molar-refractivity contribution in [3.05, 3.63) is 0 Å². The zero-order valence-corrected chi connectivity index (χ0v) is 12.7. The van der Waals surface area contributed by atoms with Gasteiger partial charge in [0.15, 0.2) is 0 Å². The Morgan fingerprint density at radius 3 is 2.15 bits per heavy atom. The summed E-state index contributed by atoms with van der Waals surface area (Å²) in [5.41, 5.74) is 0.302. The summed E-state index contributed by atoms with van der Waals surface area (Å²) >= 11 is 0. The summed E-state index contributed by atoms with van der Waals surface area (Å²) in [7, 11) is 0. The SMILES string of the molecule is CCCOCCOC(=O)CC12CC3CC(CC(C3)C1)C2. The van der Waals surface area contributed by atoms with Crippen LogP contribution in [0.4, 0.5) is 0 Å². The van der Waals surface area contributed by atoms with Crippen molar-refractivity contribution in [2.75, 3.05) is 19.8 Å². The summed E-state index contributed by atoms with van der Waals surface area (Å²) in [6.45, 7) is 3.80. The Bertz CT molecular complexity index is 315. The smallest absolute Gasteiger partial charge is 0.306 e. The van der Waals surface area contributed by atoms with Gasteiger partial charge < -0.3 is 9.47 Å². The van der Waals surface area contributed by atoms with Gasteiger partial charge in [-0.2, -0.15) is 0 Å². The molecule has 3 heteroatoms. The van der Waals surface area contributed by atoms with E-state index in [4.69, 9.17) is 9.47 Å². The summed E-state index contributed by atoms with van der Waals surface area (Å²) < 4.78 is 10.7. The van der Waals surface area contributed by atoms with Crippen molar-refractivity contribution < 1.29 is 14.3 Å². The highest BCUT2D eigenvalue weighted by Crippen LogP contribution is 2.61. The number of hydrogen-bond donors (Lipinski definition) is 0. The molecule has 0 amide bonds. The molecule has 20 heavy (non-hydrogen) atoms. The van der Waals surface area contributed by atoms with Gasteiger partial charge in [-0.3, -0.25) is 4.79 Å². The van der Waals surface area contributed by atoms with Gasteiger partial charge in [0, 0.05) is 6.61 Å². The van der Waals surface area contributed by atoms with Crippen LogP contribution in [0.2, 0.25) is 0 Å². The largest absolute Gasteiger partial charge is 0.463 e. The zero-order valence-electron chi connectivity index (χ0n) is 12.7. The first kappa shape index (κ1) is 14.4. The van der Waals surface area contributed by atoms with Crippen LogP contribution < -0.4 is 0 Å². The molecule has 4 fully saturated rings. The summed E-state index contributed by atoms with van der Waals surface area (Å²) in [5.74, 6) is 2.72. The van der Waals surface area contributed by atoms with Gasteiger partial charge in [0.1, 0.15) is 6.61 Å². The minimum atomic E-state index is 0.00653. The van der Waals surface area contributed by atoms with Gasteiger partial charge in [-0.15, -0.1) is 0 Å². The number of rotatable bonds is 7. The van der Waals surface area contributed by atoms with Crippen molar-refractivity contribution in [3.8, 4) is 0 Å². The van der Waals surface area contributed by atoms with Gasteiger partial charge in [0.2, 0.25) is 0 Å². The van der Waals surface area contributed by atoms with E-state index in [0.717, 1.165) is 30.8 Å². The van der Waals surface area contributed by atoms with Crippen LogP contribution in [0.15, 0.2) is 0 Å². The Balaban J connectivity index is 1.44. The van der Waals surface area contributed by atoms with Crippen LogP contribution in [0.1, 0.15) is 58.3 Å². The molecule has 0 radical (unpaired) electrons. The van der Waals surface area contributed by atoms with Crippen molar-refractivity contribution >= 4 is 5.97 Å². The number of hydrogen-bond acceptors (Lipinski definition) is 3. The molecule has 0 spiro atoms. The lowest BCUT2D eigenvalue weighted by atomic mass is 9.49. The topological polar surface area (TPSA) is 35.5 Å². The average Bonchev–Trinajstić information content (AvgIpc) is 2.36. The molecule has 4 rings (SSSR count). The van der Waals surface area contributed by atoms with E-state index in [2.05, 4.69) is 6.92 Å². The van der Waals surface area contributed by atoms with Crippen LogP contribution in [-0.2, 0) is 14.3 Å². The molecule has 0 aliphatic heterocycles. The lowest BCUT2D eigenvalue weighted by Crippen LogP contribution is -2.47. The maximum atomic E-state index is 12.1. The zero-order chi connectivity index (χ0) is 14.0. The highest BCUT2D eigenvalue weighted by atomic mass is 16.6. The quantitative estimate of drug-likeness (QED) is 0.528. The van der Waals surface area contributed by atoms with Crippen LogP contribution >= 0.6 is 0 Å². The molecular formula is C17H28O3. The molecule has 0 N–H and O–H groups in total. The Labute approximate surface area is 122 Å². The average molecular weight is 280 g/mol. The third-order valence-electron chi connectivity index (χ3n) is 5.52. The highest BCUT2D eigenvalue weighted by Gasteiger charge is 2.51. The van der Waals surface area contributed by atoms with E-state index in [1.807, 2.05) is 0 Å². The minimum Gasteiger partial charge on any atom is -0.463 e. The van der Waals surface area contributed by atoms with E-state index in [9.17, 15) is 4.79 Å². The molecule has 0 aromatic heterocycles. The van der Waals surface area contributed by atoms with Gasteiger partial charge >= 0.3 is 5.97 Å². The fourth-order valence-electron chi connectivity index (χ4n) is 5.32. The maximum absolute atomic E-state index is 12.1. The Hall–Kier alpha value is -0.570. The molecule has 0 atom stereocenters. The summed E-state index contributed by atoms with van der Waals surface area (Å²) in [6.07, 6.45) is 9.80. The fourth-order valence-corrected chi connectivity index (χ4v) is 5.32. The maximum Gasteiger partial charge on any atom is 0.306 e. The first-order valence-corrected chi connectivity index (χ1v) is 8.42. The molecule has 0 unspecified atom stereocenters. The van der Waals surface area contributed by atoms with Crippen molar-refractivity contribution in [1.82, 2.24) is 0 Å². The first-order chi connectivity index (χ1) is 9.69. The van der Waals surface area contributed by atoms with E-state index in [1.54, 1.807) is 0 Å². The first-order valence-electron chi connectivity index (χ1n) is 8.42. The van der Waals surface area contributed by atoms with Crippen LogP contribution in [-0.4, -0.2) is 25.8 Å². The molecule has 0 aromatic rings. The number of carbonyl (C=O) groups is 1. The Morgan fingerprint density at radius 2 is 1.60 bits per heavy atom. The van der Waals surface area contributed by atoms with E-state index in [1.165, 1.54) is 38.5 Å². The van der Waals surface area contributed by atoms with E-state index >= 15 is 0 Å². The van der Waals surface area contributed by atoms with Crippen LogP contribution in [0.5, 0.6) is 0 Å². The molecule has 3 nitrogen and oxygen atoms in total. The molecule has 114 valence electrons. The molecular weight excluding hydrogens is 252 g/mol. The van der Waals surface area contributed by atoms with E-state index in [0.29, 0.717) is 25.0 Å². The molecule has 4 aliphatic carbocycles. The van der Waals surface area contributed by atoms with Gasteiger partial charge in [0.25, 0.3) is 0 Å². The van der Waals surface area contributed by atoms with E-state index < -0.39 is 0 Å². The van der Waals surface area contributed by atoms with Crippen LogP contribution in [0.25, 0.3) is 0 Å². The minimum absolute atomic E-state index is 0.00653. The van der Waals surface area contributed by atoms with Crippen LogP contribution in [0, 0.1) is 23.2 Å². The van der Waals surface area contributed by atoms with Gasteiger partial charge in [0.05, 0.1) is 13.0 Å². The molecule has 4 aliphatic rings. The van der Waals surface area contributed by atoms with E-state index in [-0.39, 0.29) is 5.97 Å². The molecule has 4 bridgehead atoms. The molecule has 4 saturated carbocycles. The summed E-state index contributed by atoms with van der Waals surface area (Å²) in [4.78, 5) is 12.1. The van der Waals surface area contributed by atoms with Gasteiger partial charge in [-0.05, 0) is 68.1 Å². The lowest BCUT2D eigenvalue weighted by molar-refractivity contribution is -0.153. The number of esters is 1. The second-order valence-electron chi connectivity index (χ2n) is 7.43. The molecule has 0 aromatic carbocycles. The standard InChI is InChI=1S/C17H28O3/c1-2-3-19-4-5-20-16(18)12-17-9-13-6-14(10-17)8-15(7-13)11-17/h13-15H,2-12H2,1H3. The fraction of sp³-hybridized carbons (Fsp3) is 0.941. The highest BCUT2D eigenvalue weighted by molar-refractivity contribution is 5.70. The van der Waals surface area contributed by atoms with Crippen molar-refractivity contribution in [2.45, 2.75) is 58.3 Å². The van der Waals surface area contributed by atoms with Gasteiger partial charge in [-0.25, -0.2) is 0 Å². The van der Waals surface area contributed by atoms with Gasteiger partial charge in [-0.1, -0.05) is 6.92 Å². The monoisotopic (exact) mass is 280 g/mol. The van der Waals surface area contributed by atoms with Crippen molar-refractivity contribution in [2.24, 2.45) is 23.2 Å². The second kappa shape index (κ2) is 6.05. The number of carbonyl (C=O) groups excluding carboxylic acids is 1. The number of ether oxygens (including phenoxy) is 2. The van der Waals surface area contributed by atoms with Crippen molar-refractivity contribution in [1.29, 1.82) is 0 Å². The second-order valence-corrected chi connectivity index (χ2v) is 7.43. The summed E-state index contributed by atoms with van der Waals surface area (Å²) in [5, 5.41) is 0. The predicted octanol–water partition coefficient (Wildman–Crippen LogP) is 3.56. The third kappa shape index (κ3) is 3.19. The Kier molecular flexibility index (Phi) is 4.34. The Morgan fingerprint density at radius 1 is 1.00 bits per heavy atom. The summed E-state index contributed by atoms with van der Waals surface area (Å²) in [6, 6.07) is 0. The molecule has 0 heterocycles. The third-order valence-corrected chi connectivity index (χ3v) is 5.52. The molecule has 0 saturated heterocycles. The normalized spacial score (nSPS) is 38.1.